The molecule has 2 bridgehead atoms. The topological polar surface area (TPSA) is 33.1 Å². The average molecular weight is 601 g/mol. The number of rotatable bonds is 5. The monoisotopic (exact) mass is 600 g/mol. The van der Waals surface area contributed by atoms with Crippen LogP contribution in [-0.2, 0) is 18.9 Å². The first-order valence-electron chi connectivity index (χ1n) is 12.2. The van der Waals surface area contributed by atoms with Gasteiger partial charge in [0.2, 0.25) is 0 Å². The van der Waals surface area contributed by atoms with Crippen molar-refractivity contribution in [1.29, 1.82) is 0 Å². The highest BCUT2D eigenvalue weighted by molar-refractivity contribution is 5.82. The third-order valence-corrected chi connectivity index (χ3v) is 8.19. The summed E-state index contributed by atoms with van der Waals surface area (Å²) in [6.45, 7) is 4.93. The molecule has 0 aliphatic carbocycles. The lowest BCUT2D eigenvalue weighted by atomic mass is 9.71. The first-order valence-corrected chi connectivity index (χ1v) is 12.2. The number of benzene rings is 2. The molecule has 5 atom stereocenters. The Balaban J connectivity index is 0.00000336. The molecule has 0 radical (unpaired) electrons. The molecule has 4 heterocycles. The molecule has 1 N–H and O–H groups in total. The molecular weight excluding hydrogens is 574 g/mol. The Bertz CT molecular complexity index is 1290. The molecule has 10 heteroatoms. The highest BCUT2D eigenvalue weighted by Crippen LogP contribution is 2.48. The second-order valence-corrected chi connectivity index (χ2v) is 10.3. The number of hydrogen-bond acceptors (Lipinski definition) is 2. The first kappa shape index (κ1) is 28.6. The number of fused-ring (bicyclic) bond motifs is 4. The van der Waals surface area contributed by atoms with Crippen molar-refractivity contribution in [2.45, 2.75) is 43.9 Å². The minimum Gasteiger partial charge on any atom is -1.00 e. The number of piperidine rings is 3. The Labute approximate surface area is 227 Å². The molecule has 0 unspecified atom stereocenters. The highest BCUT2D eigenvalue weighted by atomic mass is 79.9. The molecule has 1 aromatic heterocycles. The van der Waals surface area contributed by atoms with Crippen molar-refractivity contribution in [3.8, 4) is 0 Å². The van der Waals surface area contributed by atoms with Gasteiger partial charge < -0.3 is 26.6 Å². The van der Waals surface area contributed by atoms with E-state index in [0.717, 1.165) is 23.9 Å². The Morgan fingerprint density at radius 1 is 1.03 bits per heavy atom. The summed E-state index contributed by atoms with van der Waals surface area (Å²) in [7, 11) is 0. The number of aromatic nitrogens is 1. The minimum absolute atomic E-state index is 0. The summed E-state index contributed by atoms with van der Waals surface area (Å²) >= 11 is 0. The summed E-state index contributed by atoms with van der Waals surface area (Å²) < 4.78 is 81.6. The largest absolute Gasteiger partial charge is 1.00 e. The normalized spacial score (nSPS) is 26.1. The average Bonchev–Trinajstić information content (AvgIpc) is 2.86. The minimum atomic E-state index is -4.91. The Morgan fingerprint density at radius 3 is 2.32 bits per heavy atom. The van der Waals surface area contributed by atoms with Gasteiger partial charge in [-0.2, -0.15) is 26.3 Å². The number of halogens is 7. The molecule has 3 aromatic rings. The Hall–Kier alpha value is -2.43. The van der Waals surface area contributed by atoms with Crippen LogP contribution < -0.4 is 17.0 Å². The second-order valence-electron chi connectivity index (χ2n) is 10.3. The zero-order valence-electron chi connectivity index (χ0n) is 20.3. The Kier molecular flexibility index (Phi) is 7.73. The van der Waals surface area contributed by atoms with Crippen LogP contribution in [0.2, 0.25) is 0 Å². The lowest BCUT2D eigenvalue weighted by Gasteiger charge is -2.58. The molecule has 3 saturated heterocycles. The van der Waals surface area contributed by atoms with Crippen LogP contribution in [0.5, 0.6) is 0 Å². The standard InChI is InChI=1S/C28H27F6N2O.BrH/c1-2-18-16-36(15-17-11-20(27(29,30)31)14-21(12-17)28(32,33)34)10-8-19(18)13-25(36)26(37)23-7-9-35-24-6-4-3-5-22(23)24;/h2-7,9,11-12,14,18-19,25-26,37H,1,8,10,13,15-16H2;1H/q+1;/p-1/t18-,19+,25+,26-,36-;/m1./s1. The van der Waals surface area contributed by atoms with Gasteiger partial charge in [0.1, 0.15) is 18.7 Å². The van der Waals surface area contributed by atoms with Crippen LogP contribution in [-0.4, -0.2) is 33.7 Å². The summed E-state index contributed by atoms with van der Waals surface area (Å²) in [6, 6.07) is 10.5. The van der Waals surface area contributed by atoms with E-state index in [1.165, 1.54) is 0 Å². The van der Waals surface area contributed by atoms with Crippen molar-refractivity contribution in [3.05, 3.63) is 89.6 Å². The lowest BCUT2D eigenvalue weighted by Crippen LogP contribution is -3.00. The molecule has 0 spiro atoms. The van der Waals surface area contributed by atoms with Crippen LogP contribution in [0, 0.1) is 11.8 Å². The lowest BCUT2D eigenvalue weighted by molar-refractivity contribution is -0.984. The van der Waals surface area contributed by atoms with Crippen LogP contribution in [0.4, 0.5) is 26.3 Å². The van der Waals surface area contributed by atoms with Crippen LogP contribution in [0.1, 0.15) is 41.2 Å². The number of aliphatic hydroxyl groups excluding tert-OH is 1. The van der Waals surface area contributed by atoms with Crippen molar-refractivity contribution in [3.63, 3.8) is 0 Å². The van der Waals surface area contributed by atoms with Crippen LogP contribution in [0.3, 0.4) is 0 Å². The fourth-order valence-electron chi connectivity index (χ4n) is 6.44. The van der Waals surface area contributed by atoms with E-state index in [2.05, 4.69) is 11.6 Å². The molecule has 3 fully saturated rings. The maximum absolute atomic E-state index is 13.6. The van der Waals surface area contributed by atoms with E-state index < -0.39 is 35.6 Å². The number of aliphatic hydroxyl groups is 1. The van der Waals surface area contributed by atoms with Crippen molar-refractivity contribution < 1.29 is 52.9 Å². The van der Waals surface area contributed by atoms with E-state index in [0.29, 0.717) is 30.6 Å². The first-order chi connectivity index (χ1) is 17.4. The van der Waals surface area contributed by atoms with Gasteiger partial charge in [0, 0.05) is 35.9 Å². The third-order valence-electron chi connectivity index (χ3n) is 8.19. The maximum atomic E-state index is 13.6. The molecule has 204 valence electrons. The van der Waals surface area contributed by atoms with E-state index in [1.807, 2.05) is 30.3 Å². The number of quaternary nitrogens is 1. The van der Waals surface area contributed by atoms with E-state index in [4.69, 9.17) is 0 Å². The molecule has 0 amide bonds. The third kappa shape index (κ3) is 5.22. The van der Waals surface area contributed by atoms with E-state index in [9.17, 15) is 31.4 Å². The summed E-state index contributed by atoms with van der Waals surface area (Å²) in [5, 5.41) is 12.5. The van der Waals surface area contributed by atoms with E-state index in [1.54, 1.807) is 12.3 Å². The molecule has 3 nitrogen and oxygen atoms in total. The maximum Gasteiger partial charge on any atom is 0.416 e. The fourth-order valence-corrected chi connectivity index (χ4v) is 6.44. The quantitative estimate of drug-likeness (QED) is 0.274. The van der Waals surface area contributed by atoms with Crippen molar-refractivity contribution in [2.24, 2.45) is 11.8 Å². The SMILES string of the molecule is C=C[C@@H]1C[N@+]2(Cc3cc(C(F)(F)F)cc(C(F)(F)F)c3)CC[C@H]1C[C@H]2[C@H](O)c1ccnc2ccccc12.[Br-]. The summed E-state index contributed by atoms with van der Waals surface area (Å²) in [4.78, 5) is 4.35. The van der Waals surface area contributed by atoms with Gasteiger partial charge in [0.15, 0.2) is 0 Å². The second kappa shape index (κ2) is 10.3. The highest BCUT2D eigenvalue weighted by Gasteiger charge is 2.54. The molecule has 3 aliphatic rings. The zero-order chi connectivity index (χ0) is 26.6. The van der Waals surface area contributed by atoms with Crippen molar-refractivity contribution in [2.75, 3.05) is 13.1 Å². The summed E-state index contributed by atoms with van der Waals surface area (Å²) in [5.74, 6) is 0.316. The van der Waals surface area contributed by atoms with Gasteiger partial charge in [-0.05, 0) is 41.8 Å². The molecule has 0 saturated carbocycles. The van der Waals surface area contributed by atoms with Crippen molar-refractivity contribution in [1.82, 2.24) is 4.98 Å². The number of alkyl halides is 6. The smallest absolute Gasteiger partial charge is 0.416 e. The molecular formula is C28H27BrF6N2O. The van der Waals surface area contributed by atoms with Crippen LogP contribution >= 0.6 is 0 Å². The van der Waals surface area contributed by atoms with E-state index in [-0.39, 0.29) is 51.5 Å². The molecule has 6 rings (SSSR count). The van der Waals surface area contributed by atoms with Crippen LogP contribution in [0.15, 0.2) is 67.4 Å². The van der Waals surface area contributed by atoms with Gasteiger partial charge in [-0.15, -0.1) is 6.58 Å². The van der Waals surface area contributed by atoms with Gasteiger partial charge in [0.05, 0.1) is 29.7 Å². The van der Waals surface area contributed by atoms with Gasteiger partial charge in [-0.3, -0.25) is 4.98 Å². The molecule has 2 aromatic carbocycles. The predicted octanol–water partition coefficient (Wildman–Crippen LogP) is 3.92. The zero-order valence-corrected chi connectivity index (χ0v) is 21.9. The summed E-state index contributed by atoms with van der Waals surface area (Å²) in [6.07, 6.45) is -5.99. The molecule has 38 heavy (non-hydrogen) atoms. The number of para-hydroxylation sites is 1. The van der Waals surface area contributed by atoms with E-state index >= 15 is 0 Å². The number of pyridine rings is 1. The summed E-state index contributed by atoms with van der Waals surface area (Å²) in [5.41, 5.74) is -1.31. The Morgan fingerprint density at radius 2 is 1.68 bits per heavy atom. The number of hydrogen-bond donors (Lipinski definition) is 1. The van der Waals surface area contributed by atoms with Crippen LogP contribution in [0.25, 0.3) is 10.9 Å². The van der Waals surface area contributed by atoms with Gasteiger partial charge >= 0.3 is 12.4 Å². The predicted molar refractivity (Wildman–Crippen MR) is 127 cm³/mol. The molecule has 3 aliphatic heterocycles. The van der Waals surface area contributed by atoms with Gasteiger partial charge in [-0.1, -0.05) is 24.3 Å². The fraction of sp³-hybridized carbons (Fsp3) is 0.393. The van der Waals surface area contributed by atoms with Gasteiger partial charge in [0.25, 0.3) is 0 Å². The number of nitrogens with zero attached hydrogens (tertiary/aromatic N) is 2. The van der Waals surface area contributed by atoms with Crippen molar-refractivity contribution >= 4 is 10.9 Å². The van der Waals surface area contributed by atoms with Gasteiger partial charge in [-0.25, -0.2) is 0 Å².